The zero-order valence-electron chi connectivity index (χ0n) is 22.4. The van der Waals surface area contributed by atoms with Crippen molar-refractivity contribution in [3.8, 4) is 0 Å². The molecule has 7 atom stereocenters. The van der Waals surface area contributed by atoms with Gasteiger partial charge in [-0.1, -0.05) is 39.3 Å². The molecule has 0 saturated carbocycles. The first-order valence-electron chi connectivity index (χ1n) is 13.5. The molecular weight excluding hydrogens is 476 g/mol. The van der Waals surface area contributed by atoms with Gasteiger partial charge in [-0.2, -0.15) is 0 Å². The van der Waals surface area contributed by atoms with Crippen LogP contribution in [0.5, 0.6) is 0 Å². The number of likely N-dealkylation sites (tertiary alicyclic amines) is 1. The molecule has 7 nitrogen and oxygen atoms in total. The summed E-state index contributed by atoms with van der Waals surface area (Å²) in [6, 6.07) is -1.20. The van der Waals surface area contributed by atoms with E-state index in [2.05, 4.69) is 20.1 Å². The molecule has 0 aliphatic carbocycles. The van der Waals surface area contributed by atoms with Gasteiger partial charge in [0, 0.05) is 17.8 Å². The molecule has 0 radical (unpaired) electrons. The van der Waals surface area contributed by atoms with Crippen molar-refractivity contribution in [2.75, 3.05) is 19.8 Å². The van der Waals surface area contributed by atoms with E-state index >= 15 is 0 Å². The number of aliphatic hydroxyl groups excluding tert-OH is 1. The van der Waals surface area contributed by atoms with E-state index in [0.717, 1.165) is 19.3 Å². The largest absolute Gasteiger partial charge is 0.465 e. The Kier molecular flexibility index (Phi) is 9.72. The Morgan fingerprint density at radius 1 is 1.31 bits per heavy atom. The monoisotopic (exact) mass is 520 g/mol. The van der Waals surface area contributed by atoms with Gasteiger partial charge >= 0.3 is 5.97 Å². The highest BCUT2D eigenvalue weighted by molar-refractivity contribution is 8.02. The Hall–Kier alpha value is -1.80. The summed E-state index contributed by atoms with van der Waals surface area (Å²) in [6.07, 6.45) is 7.83. The van der Waals surface area contributed by atoms with Crippen molar-refractivity contribution in [1.82, 2.24) is 9.80 Å². The molecular formula is C28H44N2O5S. The molecule has 0 aromatic rings. The number of hydrogen-bond donors (Lipinski definition) is 1. The molecule has 1 N–H and O–H groups in total. The smallest absolute Gasteiger partial charge is 0.310 e. The molecule has 3 aliphatic heterocycles. The van der Waals surface area contributed by atoms with E-state index in [4.69, 9.17) is 4.74 Å². The maximum absolute atomic E-state index is 14.4. The number of esters is 1. The molecule has 3 rings (SSSR count). The van der Waals surface area contributed by atoms with Gasteiger partial charge in [0.2, 0.25) is 11.8 Å². The summed E-state index contributed by atoms with van der Waals surface area (Å²) in [5.41, 5.74) is 0. The van der Waals surface area contributed by atoms with Crippen molar-refractivity contribution in [2.24, 2.45) is 17.8 Å². The third kappa shape index (κ3) is 5.13. The quantitative estimate of drug-likeness (QED) is 0.213. The van der Waals surface area contributed by atoms with Crippen molar-refractivity contribution in [1.29, 1.82) is 0 Å². The van der Waals surface area contributed by atoms with E-state index in [1.807, 2.05) is 25.7 Å². The second-order valence-corrected chi connectivity index (χ2v) is 12.5. The maximum atomic E-state index is 14.4. The van der Waals surface area contributed by atoms with E-state index in [0.29, 0.717) is 25.8 Å². The van der Waals surface area contributed by atoms with Crippen molar-refractivity contribution in [3.63, 3.8) is 0 Å². The minimum atomic E-state index is -0.717. The van der Waals surface area contributed by atoms with Crippen LogP contribution in [0.1, 0.15) is 66.2 Å². The zero-order chi connectivity index (χ0) is 26.6. The minimum Gasteiger partial charge on any atom is -0.465 e. The molecule has 1 spiro atoms. The minimum absolute atomic E-state index is 0.00570. The SMILES string of the molecule is C=CCCOC(=O)[C@@H]1[C@@H]2CCC3(S2)C(C(=O)N(CC=C)C(C)CCC)N([C@@H](CO)CC(C)C)C(=O)[C@H]13. The van der Waals surface area contributed by atoms with Crippen molar-refractivity contribution in [2.45, 2.75) is 94.3 Å². The molecule has 3 saturated heterocycles. The van der Waals surface area contributed by atoms with Gasteiger partial charge in [0.05, 0.1) is 35.8 Å². The Labute approximate surface area is 220 Å². The maximum Gasteiger partial charge on any atom is 0.310 e. The number of carbonyl (C=O) groups excluding carboxylic acids is 3. The molecule has 3 fully saturated rings. The first-order valence-corrected chi connectivity index (χ1v) is 14.4. The van der Waals surface area contributed by atoms with Crippen LogP contribution in [0.2, 0.25) is 0 Å². The molecule has 3 aliphatic rings. The van der Waals surface area contributed by atoms with Gasteiger partial charge in [0.25, 0.3) is 0 Å². The first kappa shape index (κ1) is 28.8. The molecule has 0 aromatic heterocycles. The van der Waals surface area contributed by atoms with Gasteiger partial charge in [0.15, 0.2) is 0 Å². The van der Waals surface area contributed by atoms with E-state index in [1.165, 1.54) is 0 Å². The Morgan fingerprint density at radius 2 is 2.03 bits per heavy atom. The number of ether oxygens (including phenoxy) is 1. The summed E-state index contributed by atoms with van der Waals surface area (Å²) >= 11 is 1.64. The predicted molar refractivity (Wildman–Crippen MR) is 143 cm³/mol. The van der Waals surface area contributed by atoms with Crippen LogP contribution in [0.3, 0.4) is 0 Å². The highest BCUT2D eigenvalue weighted by atomic mass is 32.2. The molecule has 202 valence electrons. The summed E-state index contributed by atoms with van der Waals surface area (Å²) in [4.78, 5) is 45.3. The number of hydrogen-bond acceptors (Lipinski definition) is 6. The highest BCUT2D eigenvalue weighted by Gasteiger charge is 2.74. The van der Waals surface area contributed by atoms with Crippen LogP contribution >= 0.6 is 11.8 Å². The number of amides is 2. The van der Waals surface area contributed by atoms with Gasteiger partial charge in [-0.3, -0.25) is 14.4 Å². The summed E-state index contributed by atoms with van der Waals surface area (Å²) in [6.45, 7) is 16.2. The van der Waals surface area contributed by atoms with Crippen molar-refractivity contribution >= 4 is 29.5 Å². The van der Waals surface area contributed by atoms with Crippen LogP contribution in [0.25, 0.3) is 0 Å². The molecule has 2 amide bonds. The summed E-state index contributed by atoms with van der Waals surface area (Å²) in [5.74, 6) is -1.58. The molecule has 3 heterocycles. The second kappa shape index (κ2) is 12.2. The van der Waals surface area contributed by atoms with Crippen molar-refractivity contribution in [3.05, 3.63) is 25.3 Å². The lowest BCUT2D eigenvalue weighted by Gasteiger charge is -2.41. The number of aliphatic hydroxyl groups is 1. The summed E-state index contributed by atoms with van der Waals surface area (Å²) < 4.78 is 4.87. The van der Waals surface area contributed by atoms with Gasteiger partial charge in [-0.25, -0.2) is 0 Å². The van der Waals surface area contributed by atoms with Crippen LogP contribution in [0.4, 0.5) is 0 Å². The Bertz CT molecular complexity index is 848. The lowest BCUT2D eigenvalue weighted by atomic mass is 9.71. The van der Waals surface area contributed by atoms with Gasteiger partial charge in [0.1, 0.15) is 6.04 Å². The Morgan fingerprint density at radius 3 is 2.61 bits per heavy atom. The van der Waals surface area contributed by atoms with Crippen LogP contribution in [0, 0.1) is 17.8 Å². The predicted octanol–water partition coefficient (Wildman–Crippen LogP) is 3.81. The van der Waals surface area contributed by atoms with Crippen LogP contribution in [-0.4, -0.2) is 80.6 Å². The first-order chi connectivity index (χ1) is 17.2. The molecule has 2 bridgehead atoms. The fourth-order valence-electron chi connectivity index (χ4n) is 6.55. The topological polar surface area (TPSA) is 87.2 Å². The fourth-order valence-corrected chi connectivity index (χ4v) is 8.73. The lowest BCUT2D eigenvalue weighted by molar-refractivity contribution is -0.154. The standard InChI is InChI=1S/C28H44N2O5S/c1-7-10-15-35-27(34)22-21-12-13-28(36-21)23(22)25(32)30(20(17-31)16-18(4)5)24(28)26(33)29(14-9-3)19(6)11-8-2/h7,9,18-24,31H,1,3,8,10-17H2,2,4-6H3/t19?,20-,21+,22-,23+,24?,28?/m1/s1. The number of fused-ring (bicyclic) bond motifs is 1. The van der Waals surface area contributed by atoms with E-state index in [9.17, 15) is 19.5 Å². The van der Waals surface area contributed by atoms with Gasteiger partial charge < -0.3 is 19.6 Å². The fraction of sp³-hybridized carbons (Fsp3) is 0.750. The molecule has 36 heavy (non-hydrogen) atoms. The molecule has 0 aromatic carbocycles. The third-order valence-electron chi connectivity index (χ3n) is 8.01. The zero-order valence-corrected chi connectivity index (χ0v) is 23.2. The highest BCUT2D eigenvalue weighted by Crippen LogP contribution is 2.67. The molecule has 3 unspecified atom stereocenters. The number of carbonyl (C=O) groups is 3. The number of thioether (sulfide) groups is 1. The number of rotatable bonds is 14. The Balaban J connectivity index is 2.05. The van der Waals surface area contributed by atoms with Crippen LogP contribution in [0.15, 0.2) is 25.3 Å². The number of nitrogens with zero attached hydrogens (tertiary/aromatic N) is 2. The van der Waals surface area contributed by atoms with E-state index in [1.54, 1.807) is 28.8 Å². The van der Waals surface area contributed by atoms with Crippen LogP contribution in [-0.2, 0) is 19.1 Å². The third-order valence-corrected chi connectivity index (χ3v) is 9.96. The van der Waals surface area contributed by atoms with Gasteiger partial charge in [-0.05, 0) is 44.9 Å². The van der Waals surface area contributed by atoms with E-state index in [-0.39, 0.29) is 48.2 Å². The van der Waals surface area contributed by atoms with Crippen LogP contribution < -0.4 is 0 Å². The summed E-state index contributed by atoms with van der Waals surface area (Å²) in [7, 11) is 0. The van der Waals surface area contributed by atoms with Gasteiger partial charge in [-0.15, -0.1) is 24.9 Å². The second-order valence-electron chi connectivity index (χ2n) is 10.9. The van der Waals surface area contributed by atoms with Crippen molar-refractivity contribution < 1.29 is 24.2 Å². The normalized spacial score (nSPS) is 30.3. The average molecular weight is 521 g/mol. The lowest BCUT2D eigenvalue weighted by Crippen LogP contribution is -2.59. The average Bonchev–Trinajstić information content (AvgIpc) is 3.48. The molecule has 8 heteroatoms. The summed E-state index contributed by atoms with van der Waals surface area (Å²) in [5, 5.41) is 10.4. The van der Waals surface area contributed by atoms with E-state index < -0.39 is 28.7 Å².